The van der Waals surface area contributed by atoms with Gasteiger partial charge in [-0.2, -0.15) is 0 Å². The molecule has 1 aliphatic rings. The summed E-state index contributed by atoms with van der Waals surface area (Å²) in [5, 5.41) is 3.14. The third-order valence-corrected chi connectivity index (χ3v) is 7.97. The minimum atomic E-state index is 0.0122. The van der Waals surface area contributed by atoms with E-state index in [9.17, 15) is 4.79 Å². The summed E-state index contributed by atoms with van der Waals surface area (Å²) in [5.41, 5.74) is 0.847. The first kappa shape index (κ1) is 18.2. The van der Waals surface area contributed by atoms with Gasteiger partial charge in [-0.1, -0.05) is 58.8 Å². The number of hydrogen-bond donors (Lipinski definition) is 0. The molecule has 2 aromatic heterocycles. The van der Waals surface area contributed by atoms with Crippen LogP contribution in [0.5, 0.6) is 0 Å². The number of carbonyl (C=O) groups excluding carboxylic acids is 1. The number of amides is 1. The molecular weight excluding hydrogens is 433 g/mol. The summed E-state index contributed by atoms with van der Waals surface area (Å²) < 4.78 is 2.12. The summed E-state index contributed by atoms with van der Waals surface area (Å²) in [6, 6.07) is 13.7. The van der Waals surface area contributed by atoms with Crippen molar-refractivity contribution in [2.75, 3.05) is 31.1 Å². The largest absolute Gasteiger partial charge is 0.345 e. The molecule has 28 heavy (non-hydrogen) atoms. The van der Waals surface area contributed by atoms with Gasteiger partial charge in [-0.05, 0) is 18.2 Å². The molecule has 0 radical (unpaired) electrons. The number of hydrogen-bond acceptors (Lipinski definition) is 5. The monoisotopic (exact) mass is 447 g/mol. The zero-order chi connectivity index (χ0) is 19.3. The molecule has 0 aliphatic carbocycles. The molecule has 0 unspecified atom stereocenters. The maximum atomic E-state index is 13.0. The van der Waals surface area contributed by atoms with Crippen molar-refractivity contribution in [3.8, 4) is 0 Å². The third kappa shape index (κ3) is 3.05. The lowest BCUT2D eigenvalue weighted by molar-refractivity contribution is 0.0752. The number of rotatable bonds is 2. The lowest BCUT2D eigenvalue weighted by Gasteiger charge is -2.34. The van der Waals surface area contributed by atoms with Crippen molar-refractivity contribution in [2.45, 2.75) is 0 Å². The van der Waals surface area contributed by atoms with Crippen LogP contribution in [0.4, 0.5) is 5.13 Å². The summed E-state index contributed by atoms with van der Waals surface area (Å²) in [4.78, 5) is 22.4. The van der Waals surface area contributed by atoms with E-state index in [2.05, 4.69) is 4.90 Å². The number of para-hydroxylation sites is 1. The van der Waals surface area contributed by atoms with Crippen molar-refractivity contribution in [1.82, 2.24) is 9.88 Å². The van der Waals surface area contributed by atoms with Crippen LogP contribution >= 0.6 is 45.9 Å². The van der Waals surface area contributed by atoms with Gasteiger partial charge in [-0.15, -0.1) is 11.3 Å². The van der Waals surface area contributed by atoms with Gasteiger partial charge in [-0.3, -0.25) is 4.79 Å². The summed E-state index contributed by atoms with van der Waals surface area (Å²) in [5.74, 6) is 0.0122. The summed E-state index contributed by atoms with van der Waals surface area (Å²) in [6.45, 7) is 2.78. The first-order chi connectivity index (χ1) is 13.6. The molecule has 1 saturated heterocycles. The van der Waals surface area contributed by atoms with Gasteiger partial charge in [0.05, 0.1) is 14.7 Å². The quantitative estimate of drug-likeness (QED) is 0.390. The zero-order valence-corrected chi connectivity index (χ0v) is 17.8. The van der Waals surface area contributed by atoms with E-state index in [0.29, 0.717) is 28.0 Å². The average molecular weight is 448 g/mol. The van der Waals surface area contributed by atoms with Crippen LogP contribution in [0, 0.1) is 0 Å². The smallest absolute Gasteiger partial charge is 0.265 e. The van der Waals surface area contributed by atoms with E-state index in [1.165, 1.54) is 11.3 Å². The molecule has 4 aromatic rings. The van der Waals surface area contributed by atoms with E-state index in [4.69, 9.17) is 28.2 Å². The maximum absolute atomic E-state index is 13.0. The van der Waals surface area contributed by atoms with Crippen molar-refractivity contribution >= 4 is 77.2 Å². The van der Waals surface area contributed by atoms with Gasteiger partial charge in [0, 0.05) is 36.3 Å². The Kier molecular flexibility index (Phi) is 4.67. The van der Waals surface area contributed by atoms with Crippen LogP contribution in [-0.4, -0.2) is 42.0 Å². The van der Waals surface area contributed by atoms with E-state index in [-0.39, 0.29) is 5.91 Å². The molecule has 3 heterocycles. The van der Waals surface area contributed by atoms with E-state index in [1.807, 2.05) is 47.4 Å². The maximum Gasteiger partial charge on any atom is 0.265 e. The highest BCUT2D eigenvalue weighted by Crippen LogP contribution is 2.37. The number of halogens is 2. The van der Waals surface area contributed by atoms with Gasteiger partial charge in [-0.25, -0.2) is 4.98 Å². The van der Waals surface area contributed by atoms with Crippen molar-refractivity contribution in [3.63, 3.8) is 0 Å². The van der Waals surface area contributed by atoms with Crippen LogP contribution < -0.4 is 4.90 Å². The number of thiazole rings is 1. The minimum Gasteiger partial charge on any atom is -0.345 e. The molecule has 2 aromatic carbocycles. The summed E-state index contributed by atoms with van der Waals surface area (Å²) in [6.07, 6.45) is 0. The minimum absolute atomic E-state index is 0.0122. The number of nitrogens with zero attached hydrogens (tertiary/aromatic N) is 3. The van der Waals surface area contributed by atoms with Crippen LogP contribution in [0.15, 0.2) is 42.5 Å². The van der Waals surface area contributed by atoms with Crippen LogP contribution in [-0.2, 0) is 0 Å². The highest BCUT2D eigenvalue weighted by atomic mass is 35.5. The topological polar surface area (TPSA) is 36.4 Å². The van der Waals surface area contributed by atoms with Crippen LogP contribution in [0.3, 0.4) is 0 Å². The molecule has 8 heteroatoms. The molecule has 1 aliphatic heterocycles. The second kappa shape index (κ2) is 7.19. The van der Waals surface area contributed by atoms with Crippen LogP contribution in [0.1, 0.15) is 9.67 Å². The normalized spacial score (nSPS) is 14.9. The second-order valence-corrected chi connectivity index (χ2v) is 9.45. The number of thiophene rings is 1. The predicted octanol–water partition coefficient (Wildman–Crippen LogP) is 5.78. The number of aromatic nitrogens is 1. The molecule has 1 amide bonds. The fourth-order valence-electron chi connectivity index (χ4n) is 3.43. The van der Waals surface area contributed by atoms with E-state index in [0.717, 1.165) is 38.5 Å². The molecule has 1 fully saturated rings. The zero-order valence-electron chi connectivity index (χ0n) is 14.7. The molecule has 0 atom stereocenters. The predicted molar refractivity (Wildman–Crippen MR) is 120 cm³/mol. The SMILES string of the molecule is O=C(c1sc2ccccc2c1Cl)N1CCN(c2nc3c(Cl)cccc3s2)CC1. The lowest BCUT2D eigenvalue weighted by atomic mass is 10.2. The fraction of sp³-hybridized carbons (Fsp3) is 0.200. The van der Waals surface area contributed by atoms with Gasteiger partial charge in [0.15, 0.2) is 5.13 Å². The summed E-state index contributed by atoms with van der Waals surface area (Å²) >= 11 is 15.8. The number of carbonyl (C=O) groups is 1. The fourth-order valence-corrected chi connectivity index (χ4v) is 6.23. The molecule has 4 nitrogen and oxygen atoms in total. The Morgan fingerprint density at radius 3 is 2.43 bits per heavy atom. The number of anilines is 1. The number of benzene rings is 2. The Labute approximate surface area is 179 Å². The third-order valence-electron chi connectivity index (χ3n) is 4.93. The van der Waals surface area contributed by atoms with E-state index >= 15 is 0 Å². The van der Waals surface area contributed by atoms with Crippen molar-refractivity contribution in [2.24, 2.45) is 0 Å². The van der Waals surface area contributed by atoms with E-state index in [1.54, 1.807) is 11.3 Å². The summed E-state index contributed by atoms with van der Waals surface area (Å²) in [7, 11) is 0. The van der Waals surface area contributed by atoms with Gasteiger partial charge in [0.25, 0.3) is 5.91 Å². The van der Waals surface area contributed by atoms with Crippen LogP contribution in [0.25, 0.3) is 20.3 Å². The number of fused-ring (bicyclic) bond motifs is 2. The Hall–Kier alpha value is -1.86. The van der Waals surface area contributed by atoms with Gasteiger partial charge < -0.3 is 9.80 Å². The van der Waals surface area contributed by atoms with Crippen molar-refractivity contribution in [3.05, 3.63) is 57.4 Å². The molecule has 0 bridgehead atoms. The Morgan fingerprint density at radius 2 is 1.68 bits per heavy atom. The molecule has 0 spiro atoms. The van der Waals surface area contributed by atoms with Gasteiger partial charge >= 0.3 is 0 Å². The first-order valence-electron chi connectivity index (χ1n) is 8.88. The van der Waals surface area contributed by atoms with Gasteiger partial charge in [0.2, 0.25) is 0 Å². The highest BCUT2D eigenvalue weighted by molar-refractivity contribution is 7.22. The van der Waals surface area contributed by atoms with Gasteiger partial charge in [0.1, 0.15) is 10.4 Å². The van der Waals surface area contributed by atoms with Crippen molar-refractivity contribution < 1.29 is 4.79 Å². The number of piperazine rings is 1. The lowest BCUT2D eigenvalue weighted by Crippen LogP contribution is -2.48. The Bertz CT molecular complexity index is 1190. The molecule has 142 valence electrons. The standard InChI is InChI=1S/C20H15Cl2N3OS2/c21-13-5-3-7-15-17(13)23-20(28-15)25-10-8-24(9-11-25)19(26)18-16(22)12-4-1-2-6-14(12)27-18/h1-7H,8-11H2. The average Bonchev–Trinajstić information content (AvgIpc) is 3.31. The highest BCUT2D eigenvalue weighted by Gasteiger charge is 2.27. The van der Waals surface area contributed by atoms with E-state index < -0.39 is 0 Å². The molecule has 0 saturated carbocycles. The molecule has 5 rings (SSSR count). The van der Waals surface area contributed by atoms with Crippen molar-refractivity contribution in [1.29, 1.82) is 0 Å². The molecule has 0 N–H and O–H groups in total. The second-order valence-electron chi connectivity index (χ2n) is 6.60. The Balaban J connectivity index is 1.34. The molecular formula is C20H15Cl2N3OS2. The Morgan fingerprint density at radius 1 is 0.929 bits per heavy atom. The first-order valence-corrected chi connectivity index (χ1v) is 11.3. The van der Waals surface area contributed by atoms with Crippen LogP contribution in [0.2, 0.25) is 10.0 Å².